The van der Waals surface area contributed by atoms with Gasteiger partial charge in [-0.2, -0.15) is 0 Å². The first-order chi connectivity index (χ1) is 8.93. The van der Waals surface area contributed by atoms with E-state index in [-0.39, 0.29) is 29.2 Å². The normalized spacial score (nSPS) is 12.1. The first kappa shape index (κ1) is 15.7. The number of hydrogen-bond acceptors (Lipinski definition) is 2. The van der Waals surface area contributed by atoms with Gasteiger partial charge < -0.3 is 10.6 Å². The molecule has 0 saturated heterocycles. The molecule has 0 spiro atoms. The molecule has 0 radical (unpaired) electrons. The van der Waals surface area contributed by atoms with Gasteiger partial charge in [0.2, 0.25) is 5.91 Å². The Morgan fingerprint density at radius 1 is 1.42 bits per heavy atom. The minimum Gasteiger partial charge on any atom is -0.373 e. The van der Waals surface area contributed by atoms with Gasteiger partial charge >= 0.3 is 0 Å². The molecule has 0 fully saturated rings. The third-order valence-corrected chi connectivity index (χ3v) is 2.86. The predicted molar refractivity (Wildman–Crippen MR) is 72.4 cm³/mol. The number of carbonyl (C=O) groups excluding carboxylic acids is 1. The smallest absolute Gasteiger partial charge is 0.239 e. The zero-order chi connectivity index (χ0) is 14.4. The van der Waals surface area contributed by atoms with Crippen molar-refractivity contribution in [1.29, 1.82) is 0 Å². The van der Waals surface area contributed by atoms with E-state index in [4.69, 9.17) is 11.6 Å². The number of rotatable bonds is 6. The van der Waals surface area contributed by atoms with Gasteiger partial charge in [0.1, 0.15) is 5.82 Å². The summed E-state index contributed by atoms with van der Waals surface area (Å²) in [5, 5.41) is 5.24. The Bertz CT molecular complexity index is 431. The fourth-order valence-corrected chi connectivity index (χ4v) is 1.97. The van der Waals surface area contributed by atoms with E-state index in [0.717, 1.165) is 18.9 Å². The van der Waals surface area contributed by atoms with Gasteiger partial charge in [0, 0.05) is 12.1 Å². The van der Waals surface area contributed by atoms with Crippen LogP contribution in [0.15, 0.2) is 12.1 Å². The molecule has 106 valence electrons. The number of anilines is 1. The molecule has 1 amide bonds. The van der Waals surface area contributed by atoms with Gasteiger partial charge in [0.15, 0.2) is 5.82 Å². The molecule has 1 rings (SSSR count). The van der Waals surface area contributed by atoms with Crippen LogP contribution in [0.4, 0.5) is 14.5 Å². The fraction of sp³-hybridized carbons (Fsp3) is 0.462. The van der Waals surface area contributed by atoms with Crippen LogP contribution in [0.2, 0.25) is 5.02 Å². The zero-order valence-corrected chi connectivity index (χ0v) is 11.7. The standard InChI is InChI=1S/C13H17ClF2N2O/c1-3-4-8(2)18-12(19)7-17-13-10(14)5-9(15)6-11(13)16/h5-6,8,17H,3-4,7H2,1-2H3,(H,18,19). The Morgan fingerprint density at radius 2 is 2.11 bits per heavy atom. The molecule has 0 bridgehead atoms. The Labute approximate surface area is 116 Å². The number of hydrogen-bond donors (Lipinski definition) is 2. The summed E-state index contributed by atoms with van der Waals surface area (Å²) in [5.74, 6) is -1.84. The highest BCUT2D eigenvalue weighted by Crippen LogP contribution is 2.25. The second kappa shape index (κ2) is 7.28. The van der Waals surface area contributed by atoms with Crippen molar-refractivity contribution in [3.63, 3.8) is 0 Å². The molecule has 1 aromatic rings. The Kier molecular flexibility index (Phi) is 6.02. The molecule has 0 aliphatic carbocycles. The maximum absolute atomic E-state index is 13.4. The van der Waals surface area contributed by atoms with E-state index in [9.17, 15) is 13.6 Å². The van der Waals surface area contributed by atoms with E-state index in [1.807, 2.05) is 13.8 Å². The Balaban J connectivity index is 2.55. The van der Waals surface area contributed by atoms with Crippen LogP contribution in [0.1, 0.15) is 26.7 Å². The SMILES string of the molecule is CCCC(C)NC(=O)CNc1c(F)cc(F)cc1Cl. The van der Waals surface area contributed by atoms with Crippen molar-refractivity contribution in [3.05, 3.63) is 28.8 Å². The second-order valence-corrected chi connectivity index (χ2v) is 4.76. The van der Waals surface area contributed by atoms with Crippen molar-refractivity contribution in [3.8, 4) is 0 Å². The van der Waals surface area contributed by atoms with Crippen molar-refractivity contribution in [2.24, 2.45) is 0 Å². The number of carbonyl (C=O) groups is 1. The van der Waals surface area contributed by atoms with E-state index < -0.39 is 11.6 Å². The van der Waals surface area contributed by atoms with Crippen molar-refractivity contribution in [2.75, 3.05) is 11.9 Å². The molecule has 0 aliphatic heterocycles. The molecule has 1 unspecified atom stereocenters. The minimum atomic E-state index is -0.820. The fourth-order valence-electron chi connectivity index (χ4n) is 1.71. The van der Waals surface area contributed by atoms with Gasteiger partial charge in [-0.3, -0.25) is 4.79 Å². The molecule has 0 saturated carbocycles. The van der Waals surface area contributed by atoms with Crippen molar-refractivity contribution >= 4 is 23.2 Å². The monoisotopic (exact) mass is 290 g/mol. The van der Waals surface area contributed by atoms with E-state index in [1.54, 1.807) is 0 Å². The summed E-state index contributed by atoms with van der Waals surface area (Å²) in [6.07, 6.45) is 1.84. The van der Waals surface area contributed by atoms with E-state index in [2.05, 4.69) is 10.6 Å². The number of halogens is 3. The lowest BCUT2D eigenvalue weighted by Gasteiger charge is -2.14. The highest BCUT2D eigenvalue weighted by atomic mass is 35.5. The summed E-state index contributed by atoms with van der Waals surface area (Å²) in [6, 6.07) is 1.77. The zero-order valence-electron chi connectivity index (χ0n) is 10.9. The van der Waals surface area contributed by atoms with Crippen LogP contribution in [0, 0.1) is 11.6 Å². The van der Waals surface area contributed by atoms with Crippen molar-refractivity contribution < 1.29 is 13.6 Å². The van der Waals surface area contributed by atoms with Crippen molar-refractivity contribution in [2.45, 2.75) is 32.7 Å². The Hall–Kier alpha value is -1.36. The van der Waals surface area contributed by atoms with Crippen molar-refractivity contribution in [1.82, 2.24) is 5.32 Å². The largest absolute Gasteiger partial charge is 0.373 e. The molecule has 2 N–H and O–H groups in total. The number of nitrogens with one attached hydrogen (secondary N) is 2. The second-order valence-electron chi connectivity index (χ2n) is 4.36. The third-order valence-electron chi connectivity index (χ3n) is 2.56. The predicted octanol–water partition coefficient (Wildman–Crippen LogP) is 3.33. The lowest BCUT2D eigenvalue weighted by molar-refractivity contribution is -0.120. The van der Waals surface area contributed by atoms with Gasteiger partial charge in [0.05, 0.1) is 17.3 Å². The molecule has 6 heteroatoms. The van der Waals surface area contributed by atoms with Gasteiger partial charge in [-0.05, 0) is 19.4 Å². The van der Waals surface area contributed by atoms with E-state index in [0.29, 0.717) is 6.07 Å². The molecule has 1 atom stereocenters. The van der Waals surface area contributed by atoms with Crippen LogP contribution >= 0.6 is 11.6 Å². The summed E-state index contributed by atoms with van der Waals surface area (Å²) in [5.41, 5.74) is -0.0682. The molecule has 1 aromatic carbocycles. The van der Waals surface area contributed by atoms with Crippen LogP contribution in [0.5, 0.6) is 0 Å². The Morgan fingerprint density at radius 3 is 2.68 bits per heavy atom. The van der Waals surface area contributed by atoms with Crippen LogP contribution in [0.25, 0.3) is 0 Å². The summed E-state index contributed by atoms with van der Waals surface area (Å²) in [4.78, 5) is 11.6. The lowest BCUT2D eigenvalue weighted by Crippen LogP contribution is -2.36. The minimum absolute atomic E-state index is 0.0628. The molecule has 0 heterocycles. The van der Waals surface area contributed by atoms with Gasteiger partial charge in [0.25, 0.3) is 0 Å². The van der Waals surface area contributed by atoms with Crippen LogP contribution in [-0.4, -0.2) is 18.5 Å². The number of benzene rings is 1. The summed E-state index contributed by atoms with van der Waals surface area (Å²) in [7, 11) is 0. The quantitative estimate of drug-likeness (QED) is 0.844. The molecule has 0 aromatic heterocycles. The van der Waals surface area contributed by atoms with E-state index >= 15 is 0 Å². The summed E-state index contributed by atoms with van der Waals surface area (Å²) < 4.78 is 26.3. The first-order valence-corrected chi connectivity index (χ1v) is 6.49. The van der Waals surface area contributed by atoms with E-state index in [1.165, 1.54) is 0 Å². The van der Waals surface area contributed by atoms with Crippen LogP contribution in [0.3, 0.4) is 0 Å². The summed E-state index contributed by atoms with van der Waals surface area (Å²) in [6.45, 7) is 3.80. The van der Waals surface area contributed by atoms with Crippen LogP contribution in [-0.2, 0) is 4.79 Å². The van der Waals surface area contributed by atoms with Gasteiger partial charge in [-0.15, -0.1) is 0 Å². The average molecular weight is 291 g/mol. The lowest BCUT2D eigenvalue weighted by atomic mass is 10.2. The summed E-state index contributed by atoms with van der Waals surface area (Å²) >= 11 is 5.70. The maximum Gasteiger partial charge on any atom is 0.239 e. The molecular weight excluding hydrogens is 274 g/mol. The average Bonchev–Trinajstić information content (AvgIpc) is 2.27. The van der Waals surface area contributed by atoms with Gasteiger partial charge in [-0.25, -0.2) is 8.78 Å². The highest BCUT2D eigenvalue weighted by Gasteiger charge is 2.12. The molecular formula is C13H17ClF2N2O. The van der Waals surface area contributed by atoms with Crippen LogP contribution < -0.4 is 10.6 Å². The van der Waals surface area contributed by atoms with Gasteiger partial charge in [-0.1, -0.05) is 24.9 Å². The first-order valence-electron chi connectivity index (χ1n) is 6.11. The molecule has 0 aliphatic rings. The third kappa shape index (κ3) is 5.03. The molecule has 3 nitrogen and oxygen atoms in total. The molecule has 19 heavy (non-hydrogen) atoms. The maximum atomic E-state index is 13.4. The highest BCUT2D eigenvalue weighted by molar-refractivity contribution is 6.33. The number of amides is 1. The topological polar surface area (TPSA) is 41.1 Å².